The number of aromatic nitrogens is 2. The van der Waals surface area contributed by atoms with Crippen LogP contribution >= 0.6 is 11.3 Å². The second-order valence-corrected chi connectivity index (χ2v) is 6.40. The fraction of sp³-hybridized carbons (Fsp3) is 0.263. The second kappa shape index (κ2) is 9.03. The lowest BCUT2D eigenvalue weighted by atomic mass is 10.1. The molecule has 0 atom stereocenters. The first kappa shape index (κ1) is 17.2. The quantitative estimate of drug-likeness (QED) is 0.506. The molecule has 3 rings (SSSR count). The minimum atomic E-state index is 0.706. The zero-order valence-corrected chi connectivity index (χ0v) is 15.2. The molecule has 0 radical (unpaired) electrons. The van der Waals surface area contributed by atoms with E-state index in [1.807, 2.05) is 16.9 Å². The first-order chi connectivity index (χ1) is 12.3. The number of benzene rings is 1. The average Bonchev–Trinajstić information content (AvgIpc) is 3.34. The summed E-state index contributed by atoms with van der Waals surface area (Å²) in [6, 6.07) is 12.5. The molecule has 0 bridgehead atoms. The fourth-order valence-electron chi connectivity index (χ4n) is 2.46. The molecule has 0 fully saturated rings. The molecule has 0 saturated heterocycles. The van der Waals surface area contributed by atoms with Gasteiger partial charge in [-0.25, -0.2) is 9.67 Å². The highest BCUT2D eigenvalue weighted by Crippen LogP contribution is 2.09. The second-order valence-electron chi connectivity index (χ2n) is 5.62. The van der Waals surface area contributed by atoms with Crippen molar-refractivity contribution in [3.05, 3.63) is 70.7 Å². The molecular weight excluding hydrogens is 330 g/mol. The van der Waals surface area contributed by atoms with Crippen LogP contribution in [-0.2, 0) is 13.0 Å². The van der Waals surface area contributed by atoms with Gasteiger partial charge in [-0.05, 0) is 59.5 Å². The Morgan fingerprint density at radius 3 is 2.72 bits per heavy atom. The molecule has 2 heterocycles. The Kier molecular flexibility index (Phi) is 6.23. The van der Waals surface area contributed by atoms with E-state index in [0.29, 0.717) is 6.54 Å². The maximum absolute atomic E-state index is 4.62. The molecule has 0 spiro atoms. The lowest BCUT2D eigenvalue weighted by Crippen LogP contribution is -2.38. The molecule has 0 aliphatic rings. The number of aliphatic imine (C=N–C) groups is 1. The van der Waals surface area contributed by atoms with E-state index in [9.17, 15) is 0 Å². The molecule has 25 heavy (non-hydrogen) atoms. The Morgan fingerprint density at radius 1 is 1.16 bits per heavy atom. The first-order valence-corrected chi connectivity index (χ1v) is 9.41. The van der Waals surface area contributed by atoms with Crippen LogP contribution in [0, 0.1) is 0 Å². The number of thiophene rings is 1. The van der Waals surface area contributed by atoms with Gasteiger partial charge in [-0.15, -0.1) is 0 Å². The van der Waals surface area contributed by atoms with E-state index in [1.165, 1.54) is 11.1 Å². The van der Waals surface area contributed by atoms with Crippen LogP contribution in [0.2, 0.25) is 0 Å². The standard InChI is InChI=1S/C19H23N5S/c1-2-20-19(22-14-17-9-13-25-15-17)21-11-8-16-4-6-18(7-5-16)24-12-3-10-23-24/h3-7,9-10,12-13,15H,2,8,11,14H2,1H3,(H2,20,21,22). The van der Waals surface area contributed by atoms with Crippen LogP contribution in [0.5, 0.6) is 0 Å². The summed E-state index contributed by atoms with van der Waals surface area (Å²) in [6.07, 6.45) is 4.68. The molecule has 0 amide bonds. The van der Waals surface area contributed by atoms with Gasteiger partial charge in [0.2, 0.25) is 0 Å². The third kappa shape index (κ3) is 5.19. The highest BCUT2D eigenvalue weighted by molar-refractivity contribution is 7.07. The van der Waals surface area contributed by atoms with Crippen molar-refractivity contribution in [3.8, 4) is 5.69 Å². The van der Waals surface area contributed by atoms with E-state index < -0.39 is 0 Å². The maximum Gasteiger partial charge on any atom is 0.191 e. The lowest BCUT2D eigenvalue weighted by molar-refractivity contribution is 0.799. The van der Waals surface area contributed by atoms with Crippen LogP contribution in [0.15, 0.2) is 64.5 Å². The number of hydrogen-bond donors (Lipinski definition) is 2. The van der Waals surface area contributed by atoms with E-state index >= 15 is 0 Å². The molecular formula is C19H23N5S. The molecule has 1 aromatic carbocycles. The highest BCUT2D eigenvalue weighted by atomic mass is 32.1. The van der Waals surface area contributed by atoms with Gasteiger partial charge in [-0.1, -0.05) is 12.1 Å². The van der Waals surface area contributed by atoms with Crippen molar-refractivity contribution < 1.29 is 0 Å². The van der Waals surface area contributed by atoms with Gasteiger partial charge in [0, 0.05) is 25.5 Å². The summed E-state index contributed by atoms with van der Waals surface area (Å²) in [6.45, 7) is 4.48. The van der Waals surface area contributed by atoms with Gasteiger partial charge in [0.05, 0.1) is 12.2 Å². The van der Waals surface area contributed by atoms with Crippen LogP contribution in [0.1, 0.15) is 18.1 Å². The molecule has 6 heteroatoms. The first-order valence-electron chi connectivity index (χ1n) is 8.47. The van der Waals surface area contributed by atoms with Crippen molar-refractivity contribution >= 4 is 17.3 Å². The topological polar surface area (TPSA) is 54.2 Å². The van der Waals surface area contributed by atoms with E-state index in [0.717, 1.165) is 31.2 Å². The van der Waals surface area contributed by atoms with Crippen molar-refractivity contribution in [2.75, 3.05) is 13.1 Å². The smallest absolute Gasteiger partial charge is 0.191 e. The van der Waals surface area contributed by atoms with Crippen LogP contribution in [0.3, 0.4) is 0 Å². The molecule has 0 aliphatic carbocycles. The Morgan fingerprint density at radius 2 is 2.04 bits per heavy atom. The van der Waals surface area contributed by atoms with Crippen LogP contribution in [-0.4, -0.2) is 28.8 Å². The van der Waals surface area contributed by atoms with Gasteiger partial charge in [0.15, 0.2) is 5.96 Å². The number of nitrogens with one attached hydrogen (secondary N) is 2. The molecule has 0 saturated carbocycles. The zero-order valence-electron chi connectivity index (χ0n) is 14.4. The molecule has 0 aliphatic heterocycles. The number of guanidine groups is 1. The predicted molar refractivity (Wildman–Crippen MR) is 104 cm³/mol. The van der Waals surface area contributed by atoms with Gasteiger partial charge in [-0.2, -0.15) is 16.4 Å². The summed E-state index contributed by atoms with van der Waals surface area (Å²) in [5.41, 5.74) is 3.61. The van der Waals surface area contributed by atoms with Crippen molar-refractivity contribution in [1.82, 2.24) is 20.4 Å². The molecule has 130 valence electrons. The van der Waals surface area contributed by atoms with E-state index in [2.05, 4.69) is 68.7 Å². The van der Waals surface area contributed by atoms with Gasteiger partial charge in [0.1, 0.15) is 0 Å². The van der Waals surface area contributed by atoms with E-state index in [-0.39, 0.29) is 0 Å². The number of nitrogens with zero attached hydrogens (tertiary/aromatic N) is 3. The average molecular weight is 353 g/mol. The summed E-state index contributed by atoms with van der Waals surface area (Å²) in [4.78, 5) is 4.62. The van der Waals surface area contributed by atoms with E-state index in [1.54, 1.807) is 17.5 Å². The Bertz CT molecular complexity index is 761. The predicted octanol–water partition coefficient (Wildman–Crippen LogP) is 3.23. The minimum Gasteiger partial charge on any atom is -0.357 e. The summed E-state index contributed by atoms with van der Waals surface area (Å²) in [5, 5.41) is 15.1. The fourth-order valence-corrected chi connectivity index (χ4v) is 3.12. The van der Waals surface area contributed by atoms with Crippen molar-refractivity contribution in [3.63, 3.8) is 0 Å². The van der Waals surface area contributed by atoms with Gasteiger partial charge in [-0.3, -0.25) is 0 Å². The number of rotatable bonds is 7. The summed E-state index contributed by atoms with van der Waals surface area (Å²) < 4.78 is 1.86. The maximum atomic E-state index is 4.62. The third-order valence-corrected chi connectivity index (χ3v) is 4.49. The zero-order chi connectivity index (χ0) is 17.3. The normalized spacial score (nSPS) is 11.5. The van der Waals surface area contributed by atoms with Crippen LogP contribution in [0.25, 0.3) is 5.69 Å². The molecule has 5 nitrogen and oxygen atoms in total. The molecule has 2 aromatic heterocycles. The van der Waals surface area contributed by atoms with Gasteiger partial charge in [0.25, 0.3) is 0 Å². The Labute approximate surface area is 152 Å². The van der Waals surface area contributed by atoms with Crippen molar-refractivity contribution in [2.24, 2.45) is 4.99 Å². The van der Waals surface area contributed by atoms with Gasteiger partial charge >= 0.3 is 0 Å². The van der Waals surface area contributed by atoms with E-state index in [4.69, 9.17) is 0 Å². The molecule has 3 aromatic rings. The number of hydrogen-bond acceptors (Lipinski definition) is 3. The summed E-state index contributed by atoms with van der Waals surface area (Å²) in [7, 11) is 0. The Balaban J connectivity index is 1.50. The van der Waals surface area contributed by atoms with Gasteiger partial charge < -0.3 is 10.6 Å². The van der Waals surface area contributed by atoms with Crippen molar-refractivity contribution in [1.29, 1.82) is 0 Å². The summed E-state index contributed by atoms with van der Waals surface area (Å²) >= 11 is 1.70. The summed E-state index contributed by atoms with van der Waals surface area (Å²) in [5.74, 6) is 0.863. The molecule has 0 unspecified atom stereocenters. The Hall–Kier alpha value is -2.60. The largest absolute Gasteiger partial charge is 0.357 e. The highest BCUT2D eigenvalue weighted by Gasteiger charge is 2.00. The van der Waals surface area contributed by atoms with Crippen LogP contribution < -0.4 is 10.6 Å². The SMILES string of the molecule is CCNC(=NCc1ccsc1)NCCc1ccc(-n2cccn2)cc1. The lowest BCUT2D eigenvalue weighted by Gasteiger charge is -2.11. The van der Waals surface area contributed by atoms with Crippen LogP contribution in [0.4, 0.5) is 0 Å². The van der Waals surface area contributed by atoms with Crippen molar-refractivity contribution in [2.45, 2.75) is 19.9 Å². The minimum absolute atomic E-state index is 0.706. The molecule has 2 N–H and O–H groups in total. The monoisotopic (exact) mass is 353 g/mol. The third-order valence-electron chi connectivity index (χ3n) is 3.76.